The molecular weight excluding hydrogens is 603 g/mol. The van der Waals surface area contributed by atoms with E-state index >= 15 is 0 Å². The van der Waals surface area contributed by atoms with Gasteiger partial charge in [0.2, 0.25) is 5.95 Å². The van der Waals surface area contributed by atoms with Gasteiger partial charge >= 0.3 is 0 Å². The zero-order valence-electron chi connectivity index (χ0n) is 26.2. The summed E-state index contributed by atoms with van der Waals surface area (Å²) in [5.41, 5.74) is 6.55. The molecule has 7 nitrogen and oxygen atoms in total. The van der Waals surface area contributed by atoms with Crippen LogP contribution in [-0.4, -0.2) is 34.5 Å². The topological polar surface area (TPSA) is 82.3 Å². The maximum atomic E-state index is 5.05. The van der Waals surface area contributed by atoms with Crippen molar-refractivity contribution in [2.75, 3.05) is 0 Å². The monoisotopic (exact) mass is 629 g/mol. The van der Waals surface area contributed by atoms with E-state index in [0.29, 0.717) is 35.1 Å². The highest BCUT2D eigenvalue weighted by Gasteiger charge is 2.19. The summed E-state index contributed by atoms with van der Waals surface area (Å²) in [6.07, 6.45) is 0. The van der Waals surface area contributed by atoms with E-state index in [1.165, 1.54) is 0 Å². The average molecular weight is 630 g/mol. The minimum Gasteiger partial charge on any atom is -0.278 e. The van der Waals surface area contributed by atoms with Crippen molar-refractivity contribution in [1.29, 1.82) is 0 Å². The average Bonchev–Trinajstić information content (AvgIpc) is 3.53. The van der Waals surface area contributed by atoms with Crippen LogP contribution in [-0.2, 0) is 0 Å². The number of para-hydroxylation sites is 1. The van der Waals surface area contributed by atoms with Gasteiger partial charge < -0.3 is 0 Å². The standard InChI is InChI=1S/C42H27N7/c1-5-15-28(16-6-1)37-43-38(29-17-7-2-8-18-29)45-41(44-37)32-25-26-36-34(27-32)33-23-13-14-24-35(33)49(36)42-47-39(30-19-9-3-10-20-30)46-40(48-42)31-21-11-4-12-22-31/h1-27H. The molecule has 0 fully saturated rings. The Morgan fingerprint density at radius 3 is 1.12 bits per heavy atom. The molecular formula is C42H27N7. The molecule has 0 radical (unpaired) electrons. The fraction of sp³-hybridized carbons (Fsp3) is 0. The van der Waals surface area contributed by atoms with E-state index in [-0.39, 0.29) is 0 Å². The number of hydrogen-bond donors (Lipinski definition) is 0. The summed E-state index contributed by atoms with van der Waals surface area (Å²) in [5.74, 6) is 3.62. The number of rotatable bonds is 6. The van der Waals surface area contributed by atoms with Crippen molar-refractivity contribution in [3.63, 3.8) is 0 Å². The molecule has 0 atom stereocenters. The predicted octanol–water partition coefficient (Wildman–Crippen LogP) is 9.49. The zero-order chi connectivity index (χ0) is 32.6. The van der Waals surface area contributed by atoms with Gasteiger partial charge in [-0.3, -0.25) is 4.57 Å². The molecule has 9 aromatic rings. The summed E-state index contributed by atoms with van der Waals surface area (Å²) in [6, 6.07) is 54.8. The number of aromatic nitrogens is 7. The molecule has 0 saturated heterocycles. The number of hydrogen-bond acceptors (Lipinski definition) is 6. The lowest BCUT2D eigenvalue weighted by Crippen LogP contribution is -2.06. The molecule has 0 aliphatic rings. The third-order valence-corrected chi connectivity index (χ3v) is 8.52. The molecule has 0 spiro atoms. The van der Waals surface area contributed by atoms with E-state index in [1.807, 2.05) is 127 Å². The first-order valence-electron chi connectivity index (χ1n) is 16.1. The molecule has 6 aromatic carbocycles. The summed E-state index contributed by atoms with van der Waals surface area (Å²) in [5, 5.41) is 2.11. The van der Waals surface area contributed by atoms with Gasteiger partial charge in [0.15, 0.2) is 29.1 Å². The quantitative estimate of drug-likeness (QED) is 0.182. The molecule has 0 saturated carbocycles. The van der Waals surface area contributed by atoms with Gasteiger partial charge in [-0.05, 0) is 24.3 Å². The van der Waals surface area contributed by atoms with Crippen molar-refractivity contribution in [2.45, 2.75) is 0 Å². The fourth-order valence-corrected chi connectivity index (χ4v) is 6.16. The molecule has 3 heterocycles. The van der Waals surface area contributed by atoms with Gasteiger partial charge in [-0.1, -0.05) is 140 Å². The summed E-state index contributed by atoms with van der Waals surface area (Å²) in [4.78, 5) is 29.8. The van der Waals surface area contributed by atoms with Crippen LogP contribution in [0.25, 0.3) is 84.7 Å². The molecule has 7 heteroatoms. The van der Waals surface area contributed by atoms with Crippen LogP contribution in [0.5, 0.6) is 0 Å². The molecule has 49 heavy (non-hydrogen) atoms. The Hall–Kier alpha value is -6.86. The Morgan fingerprint density at radius 2 is 0.653 bits per heavy atom. The van der Waals surface area contributed by atoms with Crippen molar-refractivity contribution < 1.29 is 0 Å². The summed E-state index contributed by atoms with van der Waals surface area (Å²) >= 11 is 0. The Morgan fingerprint density at radius 1 is 0.286 bits per heavy atom. The highest BCUT2D eigenvalue weighted by molar-refractivity contribution is 6.10. The van der Waals surface area contributed by atoms with Crippen LogP contribution in [0.3, 0.4) is 0 Å². The maximum Gasteiger partial charge on any atom is 0.238 e. The summed E-state index contributed by atoms with van der Waals surface area (Å²) in [7, 11) is 0. The van der Waals surface area contributed by atoms with Gasteiger partial charge in [-0.25, -0.2) is 19.9 Å². The summed E-state index contributed by atoms with van der Waals surface area (Å²) < 4.78 is 2.12. The Balaban J connectivity index is 1.26. The Bertz CT molecular complexity index is 2470. The molecule has 0 bridgehead atoms. The van der Waals surface area contributed by atoms with Crippen molar-refractivity contribution >= 4 is 21.8 Å². The second-order valence-electron chi connectivity index (χ2n) is 11.6. The summed E-state index contributed by atoms with van der Waals surface area (Å²) in [6.45, 7) is 0. The van der Waals surface area contributed by atoms with Crippen molar-refractivity contribution in [1.82, 2.24) is 34.5 Å². The van der Waals surface area contributed by atoms with Gasteiger partial charge in [-0.15, -0.1) is 0 Å². The van der Waals surface area contributed by atoms with Crippen molar-refractivity contribution in [2.24, 2.45) is 0 Å². The minimum absolute atomic E-state index is 0.546. The van der Waals surface area contributed by atoms with Crippen LogP contribution < -0.4 is 0 Å². The van der Waals surface area contributed by atoms with Crippen LogP contribution in [0.15, 0.2) is 164 Å². The minimum atomic E-state index is 0.546. The van der Waals surface area contributed by atoms with Crippen LogP contribution in [0.1, 0.15) is 0 Å². The first kappa shape index (κ1) is 28.4. The lowest BCUT2D eigenvalue weighted by atomic mass is 10.1. The normalized spacial score (nSPS) is 11.3. The van der Waals surface area contributed by atoms with Crippen molar-refractivity contribution in [3.05, 3.63) is 164 Å². The highest BCUT2D eigenvalue weighted by Crippen LogP contribution is 2.35. The lowest BCUT2D eigenvalue weighted by Gasteiger charge is -2.11. The molecule has 230 valence electrons. The van der Waals surface area contributed by atoms with Gasteiger partial charge in [-0.2, -0.15) is 9.97 Å². The number of fused-ring (bicyclic) bond motifs is 3. The van der Waals surface area contributed by atoms with Gasteiger partial charge in [0.05, 0.1) is 11.0 Å². The van der Waals surface area contributed by atoms with Crippen LogP contribution in [0, 0.1) is 0 Å². The van der Waals surface area contributed by atoms with E-state index in [0.717, 1.165) is 49.6 Å². The predicted molar refractivity (Wildman–Crippen MR) is 195 cm³/mol. The third-order valence-electron chi connectivity index (χ3n) is 8.52. The first-order chi connectivity index (χ1) is 24.3. The SMILES string of the molecule is c1ccc(-c2nc(-c3ccccc3)nc(-c3ccc4c(c3)c3ccccc3n4-c3nc(-c4ccccc4)nc(-c4ccccc4)n3)n2)cc1. The van der Waals surface area contributed by atoms with Gasteiger partial charge in [0.25, 0.3) is 0 Å². The van der Waals surface area contributed by atoms with Crippen LogP contribution >= 0.6 is 0 Å². The highest BCUT2D eigenvalue weighted by atomic mass is 15.2. The number of nitrogens with zero attached hydrogens (tertiary/aromatic N) is 7. The lowest BCUT2D eigenvalue weighted by molar-refractivity contribution is 0.953. The Labute approximate surface area is 282 Å². The molecule has 0 amide bonds. The first-order valence-corrected chi connectivity index (χ1v) is 16.1. The molecule has 0 aliphatic carbocycles. The van der Waals surface area contributed by atoms with E-state index in [4.69, 9.17) is 29.9 Å². The molecule has 0 N–H and O–H groups in total. The fourth-order valence-electron chi connectivity index (χ4n) is 6.16. The van der Waals surface area contributed by atoms with E-state index in [9.17, 15) is 0 Å². The maximum absolute atomic E-state index is 5.05. The van der Waals surface area contributed by atoms with E-state index in [1.54, 1.807) is 0 Å². The smallest absolute Gasteiger partial charge is 0.238 e. The molecule has 0 aliphatic heterocycles. The second-order valence-corrected chi connectivity index (χ2v) is 11.6. The second kappa shape index (κ2) is 12.1. The zero-order valence-corrected chi connectivity index (χ0v) is 26.2. The number of benzene rings is 6. The van der Waals surface area contributed by atoms with Gasteiger partial charge in [0, 0.05) is 38.6 Å². The molecule has 0 unspecified atom stereocenters. The Kier molecular flexibility index (Phi) is 6.98. The van der Waals surface area contributed by atoms with Crippen LogP contribution in [0.4, 0.5) is 0 Å². The largest absolute Gasteiger partial charge is 0.278 e. The van der Waals surface area contributed by atoms with Gasteiger partial charge in [0.1, 0.15) is 0 Å². The third kappa shape index (κ3) is 5.29. The van der Waals surface area contributed by atoms with Crippen LogP contribution in [0.2, 0.25) is 0 Å². The van der Waals surface area contributed by atoms with Crippen molar-refractivity contribution in [3.8, 4) is 62.9 Å². The molecule has 9 rings (SSSR count). The molecule has 3 aromatic heterocycles. The van der Waals surface area contributed by atoms with E-state index < -0.39 is 0 Å². The van der Waals surface area contributed by atoms with E-state index in [2.05, 4.69) is 41.0 Å².